The Kier molecular flexibility index (Phi) is 4.64. The molecule has 1 atom stereocenters. The second kappa shape index (κ2) is 6.86. The summed E-state index contributed by atoms with van der Waals surface area (Å²) in [6.07, 6.45) is 4.69. The van der Waals surface area contributed by atoms with Gasteiger partial charge in [-0.25, -0.2) is 9.97 Å². The zero-order chi connectivity index (χ0) is 17.1. The van der Waals surface area contributed by atoms with Crippen LogP contribution in [0.3, 0.4) is 0 Å². The average molecular weight is 331 g/mol. The molecule has 1 saturated heterocycles. The number of aryl methyl sites for hydroxylation is 2. The lowest BCUT2D eigenvalue weighted by Gasteiger charge is -2.32. The van der Waals surface area contributed by atoms with Crippen molar-refractivity contribution in [2.45, 2.75) is 32.8 Å². The first-order valence-corrected chi connectivity index (χ1v) is 7.92. The van der Waals surface area contributed by atoms with Crippen LogP contribution in [0.25, 0.3) is 0 Å². The third-order valence-electron chi connectivity index (χ3n) is 4.11. The number of ether oxygens (including phenoxy) is 2. The van der Waals surface area contributed by atoms with Gasteiger partial charge in [-0.05, 0) is 26.7 Å². The summed E-state index contributed by atoms with van der Waals surface area (Å²) in [5.74, 6) is 0.690. The van der Waals surface area contributed by atoms with Crippen molar-refractivity contribution in [3.8, 4) is 11.8 Å². The molecule has 8 nitrogen and oxygen atoms in total. The summed E-state index contributed by atoms with van der Waals surface area (Å²) in [5.41, 5.74) is 2.15. The van der Waals surface area contributed by atoms with Crippen molar-refractivity contribution in [1.29, 1.82) is 0 Å². The number of aromatic nitrogens is 4. The number of aromatic amines is 1. The van der Waals surface area contributed by atoms with E-state index in [2.05, 4.69) is 20.2 Å². The highest BCUT2D eigenvalue weighted by atomic mass is 16.5. The Hall–Kier alpha value is -2.64. The third kappa shape index (κ3) is 3.17. The number of nitrogens with zero attached hydrogens (tertiary/aromatic N) is 4. The molecule has 0 aliphatic carbocycles. The normalized spacial score (nSPS) is 17.6. The van der Waals surface area contributed by atoms with Gasteiger partial charge in [-0.15, -0.1) is 0 Å². The smallest absolute Gasteiger partial charge is 0.278 e. The van der Waals surface area contributed by atoms with Gasteiger partial charge in [0.1, 0.15) is 6.10 Å². The molecular formula is C16H21N5O3. The fourth-order valence-corrected chi connectivity index (χ4v) is 2.93. The number of hydrogen-bond acceptors (Lipinski definition) is 6. The zero-order valence-corrected chi connectivity index (χ0v) is 14.1. The number of nitrogens with one attached hydrogen (secondary N) is 1. The van der Waals surface area contributed by atoms with Crippen LogP contribution < -0.4 is 9.47 Å². The molecule has 24 heavy (non-hydrogen) atoms. The predicted molar refractivity (Wildman–Crippen MR) is 86.2 cm³/mol. The molecular weight excluding hydrogens is 310 g/mol. The van der Waals surface area contributed by atoms with Gasteiger partial charge in [0.2, 0.25) is 0 Å². The summed E-state index contributed by atoms with van der Waals surface area (Å²) in [5, 5.41) is 6.96. The minimum absolute atomic E-state index is 0.0156. The van der Waals surface area contributed by atoms with Crippen LogP contribution in [0.15, 0.2) is 12.4 Å². The first-order chi connectivity index (χ1) is 11.6. The molecule has 8 heteroatoms. The number of amides is 1. The van der Waals surface area contributed by atoms with Gasteiger partial charge in [0.15, 0.2) is 0 Å². The molecule has 1 aliphatic heterocycles. The molecule has 0 saturated carbocycles. The van der Waals surface area contributed by atoms with Gasteiger partial charge < -0.3 is 14.4 Å². The molecule has 0 radical (unpaired) electrons. The van der Waals surface area contributed by atoms with Crippen molar-refractivity contribution < 1.29 is 14.3 Å². The maximum atomic E-state index is 12.8. The van der Waals surface area contributed by atoms with Gasteiger partial charge in [0, 0.05) is 24.6 Å². The first-order valence-electron chi connectivity index (χ1n) is 7.92. The lowest BCUT2D eigenvalue weighted by atomic mass is 10.1. The number of methoxy groups -OCH3 is 1. The van der Waals surface area contributed by atoms with E-state index >= 15 is 0 Å². The standard InChI is InChI=1S/C16H21N5O3/c1-10-13(11(2)20-19-10)16(22)21-8-4-5-12(9-21)24-15-14(23-3)17-6-7-18-15/h6-7,12H,4-5,8-9H2,1-3H3,(H,19,20). The molecule has 3 rings (SSSR count). The number of H-pyrrole nitrogens is 1. The Labute approximate surface area is 140 Å². The van der Waals surface area contributed by atoms with E-state index in [1.165, 1.54) is 7.11 Å². The summed E-state index contributed by atoms with van der Waals surface area (Å²) in [4.78, 5) is 22.8. The molecule has 1 N–H and O–H groups in total. The lowest BCUT2D eigenvalue weighted by Crippen LogP contribution is -2.44. The minimum atomic E-state index is -0.138. The largest absolute Gasteiger partial charge is 0.477 e. The number of likely N-dealkylation sites (tertiary alicyclic amines) is 1. The van der Waals surface area contributed by atoms with Crippen molar-refractivity contribution in [2.75, 3.05) is 20.2 Å². The first kappa shape index (κ1) is 16.2. The number of carbonyl (C=O) groups is 1. The molecule has 1 amide bonds. The Morgan fingerprint density at radius 1 is 1.29 bits per heavy atom. The van der Waals surface area contributed by atoms with E-state index in [4.69, 9.17) is 9.47 Å². The number of hydrogen-bond donors (Lipinski definition) is 1. The average Bonchev–Trinajstić information content (AvgIpc) is 2.93. The van der Waals surface area contributed by atoms with Crippen LogP contribution in [0.5, 0.6) is 11.8 Å². The van der Waals surface area contributed by atoms with Crippen LogP contribution in [0.2, 0.25) is 0 Å². The van der Waals surface area contributed by atoms with E-state index in [0.29, 0.717) is 30.4 Å². The minimum Gasteiger partial charge on any atom is -0.477 e. The highest BCUT2D eigenvalue weighted by Crippen LogP contribution is 2.25. The van der Waals surface area contributed by atoms with Crippen LogP contribution in [0.4, 0.5) is 0 Å². The van der Waals surface area contributed by atoms with E-state index < -0.39 is 0 Å². The van der Waals surface area contributed by atoms with E-state index in [1.54, 1.807) is 12.4 Å². The van der Waals surface area contributed by atoms with Crippen molar-refractivity contribution in [3.05, 3.63) is 29.3 Å². The predicted octanol–water partition coefficient (Wildman–Crippen LogP) is 1.51. The van der Waals surface area contributed by atoms with Crippen molar-refractivity contribution in [3.63, 3.8) is 0 Å². The van der Waals surface area contributed by atoms with Crippen LogP contribution in [0, 0.1) is 13.8 Å². The van der Waals surface area contributed by atoms with Gasteiger partial charge >= 0.3 is 0 Å². The van der Waals surface area contributed by atoms with E-state index in [0.717, 1.165) is 24.2 Å². The third-order valence-corrected chi connectivity index (χ3v) is 4.11. The highest BCUT2D eigenvalue weighted by Gasteiger charge is 2.29. The molecule has 1 fully saturated rings. The quantitative estimate of drug-likeness (QED) is 0.913. The maximum Gasteiger partial charge on any atom is 0.278 e. The summed E-state index contributed by atoms with van der Waals surface area (Å²) < 4.78 is 11.1. The SMILES string of the molecule is COc1nccnc1OC1CCCN(C(=O)c2c(C)n[nH]c2C)C1. The second-order valence-electron chi connectivity index (χ2n) is 5.81. The van der Waals surface area contributed by atoms with Gasteiger partial charge in [0.05, 0.1) is 24.9 Å². The monoisotopic (exact) mass is 331 g/mol. The summed E-state index contributed by atoms with van der Waals surface area (Å²) in [6.45, 7) is 4.90. The van der Waals surface area contributed by atoms with Crippen LogP contribution in [-0.2, 0) is 0 Å². The number of piperidine rings is 1. The van der Waals surface area contributed by atoms with Gasteiger partial charge in [0.25, 0.3) is 17.7 Å². The molecule has 2 aromatic heterocycles. The molecule has 3 heterocycles. The van der Waals surface area contributed by atoms with Gasteiger partial charge in [-0.1, -0.05) is 0 Å². The molecule has 128 valence electrons. The van der Waals surface area contributed by atoms with Gasteiger partial charge in [-0.3, -0.25) is 9.89 Å². The Morgan fingerprint density at radius 2 is 2.04 bits per heavy atom. The van der Waals surface area contributed by atoms with Crippen molar-refractivity contribution >= 4 is 5.91 Å². The highest BCUT2D eigenvalue weighted by molar-refractivity contribution is 5.96. The molecule has 0 aromatic carbocycles. The Bertz CT molecular complexity index is 711. The van der Waals surface area contributed by atoms with Crippen molar-refractivity contribution in [1.82, 2.24) is 25.1 Å². The summed E-state index contributed by atoms with van der Waals surface area (Å²) in [7, 11) is 1.53. The fraction of sp³-hybridized carbons (Fsp3) is 0.500. The molecule has 0 spiro atoms. The van der Waals surface area contributed by atoms with Gasteiger partial charge in [-0.2, -0.15) is 5.10 Å². The van der Waals surface area contributed by atoms with Crippen molar-refractivity contribution in [2.24, 2.45) is 0 Å². The van der Waals surface area contributed by atoms with Crippen LogP contribution in [0.1, 0.15) is 34.6 Å². The van der Waals surface area contributed by atoms with E-state index in [-0.39, 0.29) is 12.0 Å². The Balaban J connectivity index is 1.71. The second-order valence-corrected chi connectivity index (χ2v) is 5.81. The molecule has 1 unspecified atom stereocenters. The molecule has 0 bridgehead atoms. The zero-order valence-electron chi connectivity index (χ0n) is 14.1. The Morgan fingerprint density at radius 3 is 2.71 bits per heavy atom. The van der Waals surface area contributed by atoms with E-state index in [9.17, 15) is 4.79 Å². The number of carbonyl (C=O) groups excluding carboxylic acids is 1. The lowest BCUT2D eigenvalue weighted by molar-refractivity contribution is 0.0518. The summed E-state index contributed by atoms with van der Waals surface area (Å²) in [6, 6.07) is 0. The van der Waals surface area contributed by atoms with Crippen LogP contribution >= 0.6 is 0 Å². The topological polar surface area (TPSA) is 93.2 Å². The molecule has 2 aromatic rings. The summed E-state index contributed by atoms with van der Waals surface area (Å²) >= 11 is 0. The number of rotatable bonds is 4. The van der Waals surface area contributed by atoms with Crippen LogP contribution in [-0.4, -0.2) is 57.3 Å². The molecule has 1 aliphatic rings. The maximum absolute atomic E-state index is 12.8. The fourth-order valence-electron chi connectivity index (χ4n) is 2.93. The van der Waals surface area contributed by atoms with E-state index in [1.807, 2.05) is 18.7 Å².